The van der Waals surface area contributed by atoms with Crippen LogP contribution in [-0.2, 0) is 6.42 Å². The van der Waals surface area contributed by atoms with Crippen LogP contribution in [0, 0.1) is 0 Å². The lowest BCUT2D eigenvalue weighted by Gasteiger charge is -2.27. The van der Waals surface area contributed by atoms with Crippen LogP contribution in [-0.4, -0.2) is 21.7 Å². The lowest BCUT2D eigenvalue weighted by atomic mass is 9.77. The fourth-order valence-electron chi connectivity index (χ4n) is 5.81. The summed E-state index contributed by atoms with van der Waals surface area (Å²) in [6.45, 7) is 0. The Labute approximate surface area is 204 Å². The van der Waals surface area contributed by atoms with E-state index in [1.165, 1.54) is 27.9 Å². The Morgan fingerprint density at radius 2 is 1.43 bits per heavy atom. The van der Waals surface area contributed by atoms with Gasteiger partial charge in [0.25, 0.3) is 0 Å². The summed E-state index contributed by atoms with van der Waals surface area (Å²) in [4.78, 5) is 2.32. The van der Waals surface area contributed by atoms with Crippen LogP contribution in [0.4, 0.5) is 11.4 Å². The molecular weight excluding hydrogens is 431 g/mol. The summed E-state index contributed by atoms with van der Waals surface area (Å²) in [6.07, 6.45) is 3.17. The minimum absolute atomic E-state index is 0.114. The highest BCUT2D eigenvalue weighted by Crippen LogP contribution is 2.52. The van der Waals surface area contributed by atoms with E-state index in [-0.39, 0.29) is 5.92 Å². The van der Waals surface area contributed by atoms with Crippen molar-refractivity contribution in [3.05, 3.63) is 126 Å². The fourth-order valence-corrected chi connectivity index (χ4v) is 5.81. The van der Waals surface area contributed by atoms with Crippen LogP contribution in [0.1, 0.15) is 22.7 Å². The van der Waals surface area contributed by atoms with Crippen molar-refractivity contribution in [3.8, 4) is 5.69 Å². The third-order valence-corrected chi connectivity index (χ3v) is 7.32. The maximum absolute atomic E-state index is 9.90. The average Bonchev–Trinajstić information content (AvgIpc) is 3.40. The molecule has 2 heterocycles. The molecule has 0 amide bonds. The number of fused-ring (bicyclic) bond motifs is 6. The van der Waals surface area contributed by atoms with Crippen LogP contribution in [0.15, 0.2) is 109 Å². The third-order valence-electron chi connectivity index (χ3n) is 7.32. The zero-order chi connectivity index (χ0) is 23.5. The van der Waals surface area contributed by atoms with E-state index in [0.29, 0.717) is 5.46 Å². The predicted molar refractivity (Wildman–Crippen MR) is 143 cm³/mol. The minimum Gasteiger partial charge on any atom is -0.423 e. The van der Waals surface area contributed by atoms with Gasteiger partial charge >= 0.3 is 7.12 Å². The van der Waals surface area contributed by atoms with Gasteiger partial charge in [0.05, 0.1) is 5.52 Å². The first-order valence-electron chi connectivity index (χ1n) is 11.9. The van der Waals surface area contributed by atoms with Crippen LogP contribution in [0.25, 0.3) is 22.7 Å². The van der Waals surface area contributed by atoms with Gasteiger partial charge in [-0.05, 0) is 53.5 Å². The second kappa shape index (κ2) is 7.74. The van der Waals surface area contributed by atoms with Crippen molar-refractivity contribution in [1.29, 1.82) is 0 Å². The average molecular weight is 454 g/mol. The zero-order valence-corrected chi connectivity index (χ0v) is 19.0. The van der Waals surface area contributed by atoms with Crippen molar-refractivity contribution < 1.29 is 10.0 Å². The van der Waals surface area contributed by atoms with E-state index in [0.717, 1.165) is 29.0 Å². The van der Waals surface area contributed by atoms with Gasteiger partial charge in [0.15, 0.2) is 0 Å². The van der Waals surface area contributed by atoms with Crippen LogP contribution in [0.3, 0.4) is 0 Å². The van der Waals surface area contributed by atoms with Gasteiger partial charge in [0.2, 0.25) is 0 Å². The molecule has 35 heavy (non-hydrogen) atoms. The summed E-state index contributed by atoms with van der Waals surface area (Å²) < 4.78 is 2.38. The first-order valence-corrected chi connectivity index (χ1v) is 11.9. The molecule has 0 radical (unpaired) electrons. The highest BCUT2D eigenvalue weighted by Gasteiger charge is 2.39. The Bertz CT molecular complexity index is 1610. The predicted octanol–water partition coefficient (Wildman–Crippen LogP) is 5.14. The maximum Gasteiger partial charge on any atom is 0.488 e. The molecule has 2 aliphatic rings. The molecule has 1 unspecified atom stereocenters. The van der Waals surface area contributed by atoms with Gasteiger partial charge < -0.3 is 19.5 Å². The SMILES string of the molecule is OB(O)c1ccc2c(c1)C1Cc3c(c4ccccc4n3-c3ccccc3)C=C1N2c1ccccc1. The molecule has 4 nitrogen and oxygen atoms in total. The molecular formula is C30H23BN2O2. The van der Waals surface area contributed by atoms with E-state index in [4.69, 9.17) is 0 Å². The quantitative estimate of drug-likeness (QED) is 0.371. The summed E-state index contributed by atoms with van der Waals surface area (Å²) >= 11 is 0. The molecule has 0 fully saturated rings. The van der Waals surface area contributed by atoms with E-state index in [1.807, 2.05) is 30.3 Å². The van der Waals surface area contributed by atoms with Gasteiger partial charge in [-0.15, -0.1) is 0 Å². The molecule has 0 saturated heterocycles. The van der Waals surface area contributed by atoms with E-state index in [9.17, 15) is 10.0 Å². The molecule has 0 bridgehead atoms. The number of benzene rings is 4. The standard InChI is InChI=1S/C30H23BN2O2/c34-31(35)20-15-16-28-24(17-20)26-19-29-25(18-30(26)33(28)22-11-5-2-6-12-22)23-13-7-8-14-27(23)32(29)21-9-3-1-4-10-21/h1-18,26,34-35H,19H2. The van der Waals surface area contributed by atoms with Crippen molar-refractivity contribution in [3.63, 3.8) is 0 Å². The highest BCUT2D eigenvalue weighted by molar-refractivity contribution is 6.58. The highest BCUT2D eigenvalue weighted by atomic mass is 16.4. The maximum atomic E-state index is 9.90. The Morgan fingerprint density at radius 1 is 0.743 bits per heavy atom. The van der Waals surface area contributed by atoms with Gasteiger partial charge in [-0.2, -0.15) is 0 Å². The Balaban J connectivity index is 1.51. The fraction of sp³-hybridized carbons (Fsp3) is 0.0667. The number of hydrogen-bond donors (Lipinski definition) is 2. The number of hydrogen-bond acceptors (Lipinski definition) is 3. The molecule has 0 saturated carbocycles. The van der Waals surface area contributed by atoms with Gasteiger partial charge in [-0.1, -0.05) is 66.7 Å². The molecule has 5 aromatic rings. The molecule has 168 valence electrons. The van der Waals surface area contributed by atoms with Crippen LogP contribution in [0.2, 0.25) is 0 Å². The van der Waals surface area contributed by atoms with E-state index < -0.39 is 7.12 Å². The van der Waals surface area contributed by atoms with Crippen LogP contribution >= 0.6 is 0 Å². The molecule has 7 rings (SSSR count). The van der Waals surface area contributed by atoms with Crippen molar-refractivity contribution >= 4 is 40.9 Å². The second-order valence-corrected chi connectivity index (χ2v) is 9.24. The molecule has 1 aliphatic carbocycles. The first kappa shape index (κ1) is 20.3. The molecule has 2 N–H and O–H groups in total. The Morgan fingerprint density at radius 3 is 2.17 bits per heavy atom. The lowest BCUT2D eigenvalue weighted by molar-refractivity contribution is 0.425. The van der Waals surface area contributed by atoms with E-state index in [2.05, 4.69) is 88.3 Å². The van der Waals surface area contributed by atoms with Gasteiger partial charge in [-0.3, -0.25) is 0 Å². The summed E-state index contributed by atoms with van der Waals surface area (Å²) in [7, 11) is -1.49. The topological polar surface area (TPSA) is 48.6 Å². The number of nitrogens with zero attached hydrogens (tertiary/aromatic N) is 2. The van der Waals surface area contributed by atoms with E-state index >= 15 is 0 Å². The summed E-state index contributed by atoms with van der Waals surface area (Å²) in [5.74, 6) is 0.114. The molecule has 1 atom stereocenters. The minimum atomic E-state index is -1.49. The molecule has 1 aromatic heterocycles. The van der Waals surface area contributed by atoms with Crippen molar-refractivity contribution in [2.45, 2.75) is 12.3 Å². The normalized spacial score (nSPS) is 16.0. The summed E-state index contributed by atoms with van der Waals surface area (Å²) in [5.41, 5.74) is 9.96. The van der Waals surface area contributed by atoms with E-state index in [1.54, 1.807) is 0 Å². The second-order valence-electron chi connectivity index (χ2n) is 9.24. The molecule has 0 spiro atoms. The number of aromatic nitrogens is 1. The largest absolute Gasteiger partial charge is 0.488 e. The Hall–Kier alpha value is -4.06. The molecule has 1 aliphatic heterocycles. The molecule has 4 aromatic carbocycles. The summed E-state index contributed by atoms with van der Waals surface area (Å²) in [5, 5.41) is 21.0. The smallest absolute Gasteiger partial charge is 0.423 e. The van der Waals surface area contributed by atoms with Gasteiger partial charge in [-0.25, -0.2) is 0 Å². The summed E-state index contributed by atoms with van der Waals surface area (Å²) in [6, 6.07) is 35.3. The monoisotopic (exact) mass is 454 g/mol. The Kier molecular flexibility index (Phi) is 4.49. The van der Waals surface area contributed by atoms with Crippen molar-refractivity contribution in [1.82, 2.24) is 4.57 Å². The van der Waals surface area contributed by atoms with Crippen LogP contribution < -0.4 is 10.4 Å². The number of allylic oxidation sites excluding steroid dienone is 1. The molecule has 5 heteroatoms. The lowest BCUT2D eigenvalue weighted by Crippen LogP contribution is -2.30. The first-order chi connectivity index (χ1) is 17.2. The van der Waals surface area contributed by atoms with Crippen molar-refractivity contribution in [2.75, 3.05) is 4.90 Å². The zero-order valence-electron chi connectivity index (χ0n) is 19.0. The number of anilines is 2. The van der Waals surface area contributed by atoms with Gasteiger partial charge in [0.1, 0.15) is 0 Å². The van der Waals surface area contributed by atoms with Crippen LogP contribution in [0.5, 0.6) is 0 Å². The third kappa shape index (κ3) is 3.02. The number of para-hydroxylation sites is 3. The van der Waals surface area contributed by atoms with Gasteiger partial charge in [0, 0.05) is 51.7 Å². The number of rotatable bonds is 3. The van der Waals surface area contributed by atoms with Crippen molar-refractivity contribution in [2.24, 2.45) is 0 Å².